The van der Waals surface area contributed by atoms with Crippen molar-refractivity contribution in [1.29, 1.82) is 0 Å². The number of fused-ring (bicyclic) bond motifs is 1. The molecule has 0 aliphatic carbocycles. The second kappa shape index (κ2) is 4.29. The van der Waals surface area contributed by atoms with E-state index in [9.17, 15) is 0 Å². The Morgan fingerprint density at radius 2 is 2.25 bits per heavy atom. The van der Waals surface area contributed by atoms with Gasteiger partial charge in [-0.3, -0.25) is 4.68 Å². The molecule has 2 heterocycles. The van der Waals surface area contributed by atoms with E-state index in [4.69, 9.17) is 0 Å². The summed E-state index contributed by atoms with van der Waals surface area (Å²) in [7, 11) is 0. The van der Waals surface area contributed by atoms with Crippen molar-refractivity contribution in [3.8, 4) is 0 Å². The van der Waals surface area contributed by atoms with Crippen LogP contribution >= 0.6 is 0 Å². The van der Waals surface area contributed by atoms with Gasteiger partial charge in [0, 0.05) is 12.2 Å². The molecule has 0 radical (unpaired) electrons. The summed E-state index contributed by atoms with van der Waals surface area (Å²) in [5, 5.41) is 4.43. The van der Waals surface area contributed by atoms with Crippen molar-refractivity contribution >= 4 is 0 Å². The van der Waals surface area contributed by atoms with Crippen LogP contribution in [0.5, 0.6) is 0 Å². The van der Waals surface area contributed by atoms with E-state index in [1.807, 2.05) is 13.8 Å². The second-order valence-corrected chi connectivity index (χ2v) is 2.81. The molecule has 0 N–H and O–H groups in total. The monoisotopic (exact) mass is 166 g/mol. The highest BCUT2D eigenvalue weighted by Gasteiger charge is 2.11. The number of hydrogen-bond acceptors (Lipinski definition) is 1. The molecule has 2 heteroatoms. The summed E-state index contributed by atoms with van der Waals surface area (Å²) < 4.78 is 2.14. The third-order valence-corrected chi connectivity index (χ3v) is 2.08. The Hall–Kier alpha value is -0.790. The molecule has 0 saturated heterocycles. The molecule has 0 saturated carbocycles. The first kappa shape index (κ1) is 9.30. The predicted molar refractivity (Wildman–Crippen MR) is 51.3 cm³/mol. The van der Waals surface area contributed by atoms with Gasteiger partial charge < -0.3 is 0 Å². The van der Waals surface area contributed by atoms with Gasteiger partial charge in [0.15, 0.2) is 0 Å². The molecule has 0 amide bonds. The van der Waals surface area contributed by atoms with E-state index in [2.05, 4.69) is 22.8 Å². The summed E-state index contributed by atoms with van der Waals surface area (Å²) >= 11 is 0. The van der Waals surface area contributed by atoms with Crippen LogP contribution in [0, 0.1) is 0 Å². The molecule has 0 fully saturated rings. The van der Waals surface area contributed by atoms with Gasteiger partial charge in [-0.25, -0.2) is 0 Å². The average Bonchev–Trinajstić information content (AvgIpc) is 2.65. The summed E-state index contributed by atoms with van der Waals surface area (Å²) in [6, 6.07) is 2.23. The highest BCUT2D eigenvalue weighted by molar-refractivity contribution is 5.12. The van der Waals surface area contributed by atoms with Gasteiger partial charge in [-0.15, -0.1) is 0 Å². The van der Waals surface area contributed by atoms with Crippen LogP contribution < -0.4 is 0 Å². The molecule has 2 nitrogen and oxygen atoms in total. The first-order valence-corrected chi connectivity index (χ1v) is 4.96. The molecule has 0 bridgehead atoms. The van der Waals surface area contributed by atoms with Crippen molar-refractivity contribution in [2.75, 3.05) is 0 Å². The van der Waals surface area contributed by atoms with Crippen LogP contribution in [-0.4, -0.2) is 9.78 Å². The van der Waals surface area contributed by atoms with Gasteiger partial charge in [-0.05, 0) is 25.3 Å². The third kappa shape index (κ3) is 1.68. The van der Waals surface area contributed by atoms with Gasteiger partial charge >= 0.3 is 0 Å². The summed E-state index contributed by atoms with van der Waals surface area (Å²) in [6.07, 6.45) is 3.58. The van der Waals surface area contributed by atoms with Crippen molar-refractivity contribution in [2.24, 2.45) is 0 Å². The minimum atomic E-state index is 1.07. The second-order valence-electron chi connectivity index (χ2n) is 2.81. The van der Waals surface area contributed by atoms with Crippen LogP contribution in [0.2, 0.25) is 0 Å². The molecule has 0 spiro atoms. The predicted octanol–water partition coefficient (Wildman–Crippen LogP) is 2.42. The van der Waals surface area contributed by atoms with E-state index in [0.717, 1.165) is 13.0 Å². The molecule has 0 aromatic carbocycles. The van der Waals surface area contributed by atoms with Crippen LogP contribution in [0.15, 0.2) is 6.07 Å². The maximum atomic E-state index is 4.43. The number of aromatic nitrogens is 2. The minimum Gasteiger partial charge on any atom is -0.269 e. The Kier molecular flexibility index (Phi) is 3.32. The zero-order valence-electron chi connectivity index (χ0n) is 8.30. The molecule has 1 aliphatic heterocycles. The maximum Gasteiger partial charge on any atom is 0.0624 e. The molecule has 1 aliphatic rings. The van der Waals surface area contributed by atoms with Crippen LogP contribution in [0.25, 0.3) is 0 Å². The lowest BCUT2D eigenvalue weighted by atomic mass is 10.2. The van der Waals surface area contributed by atoms with Gasteiger partial charge in [-0.2, -0.15) is 5.10 Å². The largest absolute Gasteiger partial charge is 0.269 e. The highest BCUT2D eigenvalue weighted by Crippen LogP contribution is 2.14. The van der Waals surface area contributed by atoms with Crippen LogP contribution in [0.1, 0.15) is 38.6 Å². The fourth-order valence-corrected chi connectivity index (χ4v) is 1.49. The van der Waals surface area contributed by atoms with E-state index in [0.29, 0.717) is 0 Å². The Bertz CT molecular complexity index is 216. The maximum absolute atomic E-state index is 4.43. The highest BCUT2D eigenvalue weighted by atomic mass is 15.3. The van der Waals surface area contributed by atoms with Crippen LogP contribution in [0.3, 0.4) is 0 Å². The summed E-state index contributed by atoms with van der Waals surface area (Å²) in [6.45, 7) is 7.29. The zero-order chi connectivity index (χ0) is 8.97. The summed E-state index contributed by atoms with van der Waals surface area (Å²) in [5.74, 6) is 0. The lowest BCUT2D eigenvalue weighted by Crippen LogP contribution is -1.94. The van der Waals surface area contributed by atoms with Crippen molar-refractivity contribution in [1.82, 2.24) is 9.78 Å². The normalized spacial score (nSPS) is 13.6. The van der Waals surface area contributed by atoms with E-state index in [1.54, 1.807) is 0 Å². The van der Waals surface area contributed by atoms with E-state index >= 15 is 0 Å². The van der Waals surface area contributed by atoms with Crippen LogP contribution in [-0.2, 0) is 19.4 Å². The Labute approximate surface area is 74.6 Å². The van der Waals surface area contributed by atoms with Crippen molar-refractivity contribution < 1.29 is 0 Å². The van der Waals surface area contributed by atoms with Gasteiger partial charge in [0.1, 0.15) is 0 Å². The standard InChI is InChI=1S/C8H12N2.C2H6/c1-2-7-6-8-4-3-5-10(8)9-7;1-2/h6H,2-5H2,1H3;1-2H3. The van der Waals surface area contributed by atoms with Gasteiger partial charge in [0.2, 0.25) is 0 Å². The topological polar surface area (TPSA) is 17.8 Å². The third-order valence-electron chi connectivity index (χ3n) is 2.08. The van der Waals surface area contributed by atoms with Gasteiger partial charge in [0.05, 0.1) is 5.69 Å². The Morgan fingerprint density at radius 3 is 2.83 bits per heavy atom. The van der Waals surface area contributed by atoms with Crippen molar-refractivity contribution in [2.45, 2.75) is 46.6 Å². The minimum absolute atomic E-state index is 1.07. The number of hydrogen-bond donors (Lipinski definition) is 0. The smallest absolute Gasteiger partial charge is 0.0624 e. The van der Waals surface area contributed by atoms with Crippen molar-refractivity contribution in [3.05, 3.63) is 17.5 Å². The number of nitrogens with zero attached hydrogens (tertiary/aromatic N) is 2. The van der Waals surface area contributed by atoms with E-state index in [-0.39, 0.29) is 0 Å². The summed E-state index contributed by atoms with van der Waals surface area (Å²) in [4.78, 5) is 0. The van der Waals surface area contributed by atoms with Crippen LogP contribution in [0.4, 0.5) is 0 Å². The fraction of sp³-hybridized carbons (Fsp3) is 0.700. The zero-order valence-corrected chi connectivity index (χ0v) is 8.30. The average molecular weight is 166 g/mol. The fourth-order valence-electron chi connectivity index (χ4n) is 1.49. The molecule has 2 rings (SSSR count). The SMILES string of the molecule is CC.CCc1cc2n(n1)CCC2. The Balaban J connectivity index is 0.000000336. The van der Waals surface area contributed by atoms with Crippen molar-refractivity contribution in [3.63, 3.8) is 0 Å². The molecule has 68 valence electrons. The molecule has 1 aromatic rings. The molecular weight excluding hydrogens is 148 g/mol. The Morgan fingerprint density at radius 1 is 1.50 bits per heavy atom. The van der Waals surface area contributed by atoms with Gasteiger partial charge in [0.25, 0.3) is 0 Å². The van der Waals surface area contributed by atoms with Gasteiger partial charge in [-0.1, -0.05) is 20.8 Å². The number of aryl methyl sites for hydroxylation is 3. The summed E-state index contributed by atoms with van der Waals surface area (Å²) in [5.41, 5.74) is 2.67. The first-order chi connectivity index (χ1) is 5.90. The van der Waals surface area contributed by atoms with E-state index in [1.165, 1.54) is 24.2 Å². The molecule has 0 unspecified atom stereocenters. The molecule has 1 aromatic heterocycles. The lowest BCUT2D eigenvalue weighted by Gasteiger charge is -1.90. The number of rotatable bonds is 1. The molecule has 12 heavy (non-hydrogen) atoms. The lowest BCUT2D eigenvalue weighted by molar-refractivity contribution is 0.645. The van der Waals surface area contributed by atoms with E-state index < -0.39 is 0 Å². The molecular formula is C10H18N2. The quantitative estimate of drug-likeness (QED) is 0.626. The molecule has 0 atom stereocenters. The first-order valence-electron chi connectivity index (χ1n) is 4.96.